The van der Waals surface area contributed by atoms with Gasteiger partial charge < -0.3 is 5.32 Å². The van der Waals surface area contributed by atoms with E-state index in [4.69, 9.17) is 0 Å². The average molecular weight is 272 g/mol. The SMILES string of the molecule is CNC(=O)NC(=O)CSc1nnnn1CC(C)C. The maximum atomic E-state index is 11.4. The number of imide groups is 1. The molecular formula is C9H16N6O2S. The molecule has 100 valence electrons. The van der Waals surface area contributed by atoms with Crippen molar-refractivity contribution in [3.05, 3.63) is 0 Å². The molecule has 1 heterocycles. The molecule has 0 spiro atoms. The summed E-state index contributed by atoms with van der Waals surface area (Å²) in [6.45, 7) is 4.79. The lowest BCUT2D eigenvalue weighted by atomic mass is 10.2. The van der Waals surface area contributed by atoms with Gasteiger partial charge in [0.1, 0.15) is 0 Å². The molecule has 1 aromatic rings. The van der Waals surface area contributed by atoms with Gasteiger partial charge in [0.05, 0.1) is 5.75 Å². The number of aromatic nitrogens is 4. The van der Waals surface area contributed by atoms with Crippen LogP contribution in [0.3, 0.4) is 0 Å². The number of rotatable bonds is 5. The highest BCUT2D eigenvalue weighted by Gasteiger charge is 2.12. The van der Waals surface area contributed by atoms with Crippen molar-refractivity contribution in [3.63, 3.8) is 0 Å². The van der Waals surface area contributed by atoms with Crippen LogP contribution in [-0.2, 0) is 11.3 Å². The lowest BCUT2D eigenvalue weighted by molar-refractivity contribution is -0.117. The van der Waals surface area contributed by atoms with E-state index in [2.05, 4.69) is 40.0 Å². The molecule has 3 amide bonds. The fourth-order valence-electron chi connectivity index (χ4n) is 1.12. The molecule has 0 unspecified atom stereocenters. The van der Waals surface area contributed by atoms with E-state index < -0.39 is 11.9 Å². The summed E-state index contributed by atoms with van der Waals surface area (Å²) in [5.74, 6) is 0.109. The number of carbonyl (C=O) groups is 2. The van der Waals surface area contributed by atoms with Crippen LogP contribution in [0.4, 0.5) is 4.79 Å². The largest absolute Gasteiger partial charge is 0.341 e. The normalized spacial score (nSPS) is 10.4. The number of carbonyl (C=O) groups excluding carboxylic acids is 2. The van der Waals surface area contributed by atoms with Crippen molar-refractivity contribution < 1.29 is 9.59 Å². The van der Waals surface area contributed by atoms with Gasteiger partial charge >= 0.3 is 6.03 Å². The molecule has 0 aliphatic rings. The van der Waals surface area contributed by atoms with Crippen molar-refractivity contribution in [2.45, 2.75) is 25.5 Å². The number of hydrogen-bond donors (Lipinski definition) is 2. The highest BCUT2D eigenvalue weighted by Crippen LogP contribution is 2.14. The maximum absolute atomic E-state index is 11.4. The van der Waals surface area contributed by atoms with Gasteiger partial charge in [0, 0.05) is 13.6 Å². The van der Waals surface area contributed by atoms with Crippen molar-refractivity contribution in [1.82, 2.24) is 30.8 Å². The van der Waals surface area contributed by atoms with E-state index in [1.165, 1.54) is 18.8 Å². The van der Waals surface area contributed by atoms with Crippen LogP contribution in [0.25, 0.3) is 0 Å². The molecular weight excluding hydrogens is 256 g/mol. The quantitative estimate of drug-likeness (QED) is 0.724. The summed E-state index contributed by atoms with van der Waals surface area (Å²) < 4.78 is 1.64. The maximum Gasteiger partial charge on any atom is 0.321 e. The third-order valence-corrected chi connectivity index (χ3v) is 2.81. The van der Waals surface area contributed by atoms with E-state index in [1.54, 1.807) is 4.68 Å². The minimum atomic E-state index is -0.526. The minimum absolute atomic E-state index is 0.0892. The minimum Gasteiger partial charge on any atom is -0.341 e. The fourth-order valence-corrected chi connectivity index (χ4v) is 1.80. The zero-order valence-electron chi connectivity index (χ0n) is 10.5. The molecule has 0 saturated heterocycles. The van der Waals surface area contributed by atoms with Gasteiger partial charge in [-0.25, -0.2) is 9.48 Å². The van der Waals surface area contributed by atoms with Crippen LogP contribution in [0.5, 0.6) is 0 Å². The summed E-state index contributed by atoms with van der Waals surface area (Å²) in [5, 5.41) is 16.3. The van der Waals surface area contributed by atoms with Gasteiger partial charge in [0.25, 0.3) is 0 Å². The van der Waals surface area contributed by atoms with Gasteiger partial charge in [-0.1, -0.05) is 25.6 Å². The Morgan fingerprint density at radius 3 is 2.78 bits per heavy atom. The first-order chi connectivity index (χ1) is 8.52. The van der Waals surface area contributed by atoms with E-state index in [-0.39, 0.29) is 5.75 Å². The molecule has 0 radical (unpaired) electrons. The molecule has 9 heteroatoms. The molecule has 0 atom stereocenters. The van der Waals surface area contributed by atoms with Gasteiger partial charge in [-0.15, -0.1) is 5.10 Å². The second kappa shape index (κ2) is 6.94. The molecule has 1 aromatic heterocycles. The van der Waals surface area contributed by atoms with Crippen LogP contribution >= 0.6 is 11.8 Å². The molecule has 0 fully saturated rings. The Morgan fingerprint density at radius 2 is 2.17 bits per heavy atom. The Morgan fingerprint density at radius 1 is 1.44 bits per heavy atom. The lowest BCUT2D eigenvalue weighted by Gasteiger charge is -2.06. The summed E-state index contributed by atoms with van der Waals surface area (Å²) in [5.41, 5.74) is 0. The first-order valence-electron chi connectivity index (χ1n) is 5.43. The smallest absolute Gasteiger partial charge is 0.321 e. The van der Waals surface area contributed by atoms with Crippen molar-refractivity contribution in [2.24, 2.45) is 5.92 Å². The van der Waals surface area contributed by atoms with Crippen molar-refractivity contribution in [2.75, 3.05) is 12.8 Å². The standard InChI is InChI=1S/C9H16N6O2S/c1-6(2)4-15-9(12-13-14-15)18-5-7(16)11-8(17)10-3/h6H,4-5H2,1-3H3,(H2,10,11,16,17). The number of hydrogen-bond acceptors (Lipinski definition) is 6. The number of thioether (sulfide) groups is 1. The van der Waals surface area contributed by atoms with Gasteiger partial charge in [-0.2, -0.15) is 0 Å². The Bertz CT molecular complexity index is 419. The summed E-state index contributed by atoms with van der Waals surface area (Å²) in [4.78, 5) is 22.3. The second-order valence-electron chi connectivity index (χ2n) is 3.95. The van der Waals surface area contributed by atoms with Crippen LogP contribution in [0, 0.1) is 5.92 Å². The second-order valence-corrected chi connectivity index (χ2v) is 4.90. The zero-order valence-corrected chi connectivity index (χ0v) is 11.3. The zero-order chi connectivity index (χ0) is 13.5. The Kier molecular flexibility index (Phi) is 5.56. The average Bonchev–Trinajstić information content (AvgIpc) is 2.72. The Hall–Kier alpha value is -1.64. The van der Waals surface area contributed by atoms with Gasteiger partial charge in [0.15, 0.2) is 0 Å². The van der Waals surface area contributed by atoms with E-state index >= 15 is 0 Å². The summed E-state index contributed by atoms with van der Waals surface area (Å²) in [6, 6.07) is -0.526. The van der Waals surface area contributed by atoms with Crippen LogP contribution in [0.15, 0.2) is 5.16 Å². The predicted octanol–water partition coefficient (Wildman–Crippen LogP) is -0.123. The highest BCUT2D eigenvalue weighted by atomic mass is 32.2. The number of amides is 3. The van der Waals surface area contributed by atoms with E-state index in [0.717, 1.165) is 0 Å². The summed E-state index contributed by atoms with van der Waals surface area (Å²) >= 11 is 1.19. The van der Waals surface area contributed by atoms with E-state index in [0.29, 0.717) is 17.6 Å². The van der Waals surface area contributed by atoms with Crippen molar-refractivity contribution >= 4 is 23.7 Å². The van der Waals surface area contributed by atoms with Crippen LogP contribution in [0.2, 0.25) is 0 Å². The third-order valence-electron chi connectivity index (χ3n) is 1.85. The summed E-state index contributed by atoms with van der Waals surface area (Å²) in [6.07, 6.45) is 0. The van der Waals surface area contributed by atoms with E-state index in [1.807, 2.05) is 0 Å². The molecule has 0 saturated carbocycles. The summed E-state index contributed by atoms with van der Waals surface area (Å²) in [7, 11) is 1.44. The number of nitrogens with one attached hydrogen (secondary N) is 2. The highest BCUT2D eigenvalue weighted by molar-refractivity contribution is 7.99. The molecule has 8 nitrogen and oxygen atoms in total. The molecule has 0 bridgehead atoms. The lowest BCUT2D eigenvalue weighted by Crippen LogP contribution is -2.38. The Labute approximate surface area is 109 Å². The number of tetrazole rings is 1. The molecule has 0 aromatic carbocycles. The third kappa shape index (κ3) is 4.70. The number of nitrogens with zero attached hydrogens (tertiary/aromatic N) is 4. The molecule has 0 aliphatic carbocycles. The van der Waals surface area contributed by atoms with Gasteiger partial charge in [0.2, 0.25) is 11.1 Å². The van der Waals surface area contributed by atoms with Crippen LogP contribution in [0.1, 0.15) is 13.8 Å². The topological polar surface area (TPSA) is 102 Å². The van der Waals surface area contributed by atoms with Gasteiger partial charge in [-0.3, -0.25) is 10.1 Å². The Balaban J connectivity index is 2.46. The molecule has 0 aliphatic heterocycles. The molecule has 18 heavy (non-hydrogen) atoms. The fraction of sp³-hybridized carbons (Fsp3) is 0.667. The first kappa shape index (κ1) is 14.4. The monoisotopic (exact) mass is 272 g/mol. The molecule has 1 rings (SSSR count). The molecule has 2 N–H and O–H groups in total. The van der Waals surface area contributed by atoms with Crippen molar-refractivity contribution in [3.8, 4) is 0 Å². The number of urea groups is 1. The van der Waals surface area contributed by atoms with Crippen LogP contribution < -0.4 is 10.6 Å². The van der Waals surface area contributed by atoms with Crippen LogP contribution in [-0.4, -0.2) is 44.9 Å². The predicted molar refractivity (Wildman–Crippen MR) is 66.0 cm³/mol. The van der Waals surface area contributed by atoms with E-state index in [9.17, 15) is 9.59 Å². The first-order valence-corrected chi connectivity index (χ1v) is 6.42. The van der Waals surface area contributed by atoms with Gasteiger partial charge in [-0.05, 0) is 16.3 Å². The van der Waals surface area contributed by atoms with Crippen molar-refractivity contribution in [1.29, 1.82) is 0 Å².